The third-order valence-corrected chi connectivity index (χ3v) is 6.19. The van der Waals surface area contributed by atoms with Crippen LogP contribution in [-0.4, -0.2) is 41.2 Å². The van der Waals surface area contributed by atoms with E-state index < -0.39 is 0 Å². The number of aryl methyl sites for hydroxylation is 1. The zero-order valence-electron chi connectivity index (χ0n) is 15.8. The first-order valence-electron chi connectivity index (χ1n) is 8.79. The number of hydrogen-bond acceptors (Lipinski definition) is 7. The molecular weight excluding hydrogens is 442 g/mol. The molecule has 0 unspecified atom stereocenters. The molecule has 0 radical (unpaired) electrons. The normalized spacial score (nSPS) is 10.9. The van der Waals surface area contributed by atoms with E-state index in [4.69, 9.17) is 11.6 Å². The minimum Gasteiger partial charge on any atom is -0.325 e. The Morgan fingerprint density at radius 3 is 2.57 bits per heavy atom. The molecule has 0 bridgehead atoms. The van der Waals surface area contributed by atoms with Crippen LogP contribution in [0.5, 0.6) is 0 Å². The molecule has 0 saturated heterocycles. The molecule has 152 valence electrons. The second kappa shape index (κ2) is 9.33. The van der Waals surface area contributed by atoms with E-state index in [9.17, 15) is 4.79 Å². The van der Waals surface area contributed by atoms with E-state index in [0.29, 0.717) is 10.2 Å². The van der Waals surface area contributed by atoms with Crippen molar-refractivity contribution in [3.63, 3.8) is 0 Å². The van der Waals surface area contributed by atoms with Crippen LogP contribution in [0.4, 0.5) is 5.69 Å². The molecule has 0 aliphatic carbocycles. The zero-order chi connectivity index (χ0) is 20.9. The first kappa shape index (κ1) is 20.5. The summed E-state index contributed by atoms with van der Waals surface area (Å²) in [5.74, 6) is 0.0728. The fourth-order valence-electron chi connectivity index (χ4n) is 2.53. The summed E-state index contributed by atoms with van der Waals surface area (Å²) >= 11 is 8.86. The molecule has 11 heteroatoms. The third kappa shape index (κ3) is 5.02. The number of nitrogens with one attached hydrogen (secondary N) is 1. The van der Waals surface area contributed by atoms with E-state index >= 15 is 0 Å². The van der Waals surface area contributed by atoms with E-state index in [1.165, 1.54) is 23.5 Å². The van der Waals surface area contributed by atoms with Crippen LogP contribution in [0.1, 0.15) is 0 Å². The molecule has 2 aromatic heterocycles. The lowest BCUT2D eigenvalue weighted by molar-refractivity contribution is -0.113. The van der Waals surface area contributed by atoms with Gasteiger partial charge in [-0.15, -0.1) is 20.4 Å². The van der Waals surface area contributed by atoms with Crippen molar-refractivity contribution >= 4 is 46.7 Å². The molecule has 8 nitrogen and oxygen atoms in total. The van der Waals surface area contributed by atoms with E-state index in [-0.39, 0.29) is 11.7 Å². The Hall–Kier alpha value is -2.82. The lowest BCUT2D eigenvalue weighted by atomic mass is 10.3. The number of aromatic nitrogens is 6. The maximum absolute atomic E-state index is 12.4. The van der Waals surface area contributed by atoms with Crippen molar-refractivity contribution < 1.29 is 4.79 Å². The highest BCUT2D eigenvalue weighted by Crippen LogP contribution is 2.26. The van der Waals surface area contributed by atoms with E-state index in [1.54, 1.807) is 23.3 Å². The molecule has 4 rings (SSSR count). The van der Waals surface area contributed by atoms with Gasteiger partial charge in [-0.2, -0.15) is 0 Å². The molecule has 30 heavy (non-hydrogen) atoms. The van der Waals surface area contributed by atoms with Crippen molar-refractivity contribution in [3.8, 4) is 5.69 Å². The molecule has 0 saturated carbocycles. The largest absolute Gasteiger partial charge is 0.325 e. The van der Waals surface area contributed by atoms with Crippen molar-refractivity contribution in [1.29, 1.82) is 0 Å². The van der Waals surface area contributed by atoms with Gasteiger partial charge in [-0.25, -0.2) is 0 Å². The highest BCUT2D eigenvalue weighted by molar-refractivity contribution is 7.99. The molecular formula is C19H16ClN7OS2. The van der Waals surface area contributed by atoms with Crippen LogP contribution in [0.25, 0.3) is 5.69 Å². The summed E-state index contributed by atoms with van der Waals surface area (Å²) in [5, 5.41) is 20.9. The number of halogens is 1. The number of amides is 1. The van der Waals surface area contributed by atoms with Gasteiger partial charge in [-0.1, -0.05) is 29.4 Å². The van der Waals surface area contributed by atoms with Crippen molar-refractivity contribution in [2.24, 2.45) is 7.05 Å². The Bertz CT molecular complexity index is 1160. The predicted octanol–water partition coefficient (Wildman–Crippen LogP) is 3.93. The lowest BCUT2D eigenvalue weighted by Gasteiger charge is -2.08. The molecule has 0 aliphatic heterocycles. The first-order chi connectivity index (χ1) is 14.6. The standard InChI is InChI=1S/C19H16ClN7OS2/c1-26-11-21-24-18(26)30-16-7-5-14(6-8-16)23-17(28)10-29-19-25-22-12-27(19)15-4-2-3-13(20)9-15/h2-9,11-12H,10H2,1H3,(H,23,28). The summed E-state index contributed by atoms with van der Waals surface area (Å²) in [5.41, 5.74) is 1.56. The van der Waals surface area contributed by atoms with E-state index in [2.05, 4.69) is 25.7 Å². The second-order valence-corrected chi connectivity index (χ2v) is 8.57. The van der Waals surface area contributed by atoms with Gasteiger partial charge in [0.1, 0.15) is 12.7 Å². The van der Waals surface area contributed by atoms with Gasteiger partial charge in [-0.05, 0) is 54.2 Å². The van der Waals surface area contributed by atoms with Crippen LogP contribution in [0.3, 0.4) is 0 Å². The molecule has 2 heterocycles. The fraction of sp³-hybridized carbons (Fsp3) is 0.105. The Kier molecular flexibility index (Phi) is 6.36. The lowest BCUT2D eigenvalue weighted by Crippen LogP contribution is -2.14. The van der Waals surface area contributed by atoms with Crippen molar-refractivity contribution in [2.45, 2.75) is 15.2 Å². The number of nitrogens with zero attached hydrogens (tertiary/aromatic N) is 6. The van der Waals surface area contributed by atoms with Crippen LogP contribution in [0.2, 0.25) is 5.02 Å². The maximum atomic E-state index is 12.4. The number of hydrogen-bond donors (Lipinski definition) is 1. The monoisotopic (exact) mass is 457 g/mol. The van der Waals surface area contributed by atoms with Gasteiger partial charge in [0.15, 0.2) is 10.3 Å². The minimum absolute atomic E-state index is 0.130. The van der Waals surface area contributed by atoms with Gasteiger partial charge in [0.05, 0.1) is 11.4 Å². The smallest absolute Gasteiger partial charge is 0.234 e. The van der Waals surface area contributed by atoms with Gasteiger partial charge in [0.2, 0.25) is 5.91 Å². The van der Waals surface area contributed by atoms with Crippen LogP contribution in [0, 0.1) is 0 Å². The van der Waals surface area contributed by atoms with Crippen LogP contribution in [-0.2, 0) is 11.8 Å². The molecule has 0 fully saturated rings. The summed E-state index contributed by atoms with van der Waals surface area (Å²) in [7, 11) is 1.89. The Balaban J connectivity index is 1.33. The van der Waals surface area contributed by atoms with Gasteiger partial charge < -0.3 is 9.88 Å². The van der Waals surface area contributed by atoms with Crippen molar-refractivity contribution in [2.75, 3.05) is 11.1 Å². The Labute approximate surface area is 186 Å². The summed E-state index contributed by atoms with van der Waals surface area (Å²) in [6, 6.07) is 14.9. The zero-order valence-corrected chi connectivity index (χ0v) is 18.2. The van der Waals surface area contributed by atoms with Crippen LogP contribution >= 0.6 is 35.1 Å². The number of rotatable bonds is 7. The maximum Gasteiger partial charge on any atom is 0.234 e. The molecule has 0 spiro atoms. The van der Waals surface area contributed by atoms with Gasteiger partial charge in [0, 0.05) is 22.7 Å². The van der Waals surface area contributed by atoms with E-state index in [0.717, 1.165) is 21.4 Å². The number of carbonyl (C=O) groups excluding carboxylic acids is 1. The predicted molar refractivity (Wildman–Crippen MR) is 117 cm³/mol. The van der Waals surface area contributed by atoms with Crippen LogP contribution in [0.15, 0.2) is 76.4 Å². The topological polar surface area (TPSA) is 90.5 Å². The van der Waals surface area contributed by atoms with Crippen molar-refractivity contribution in [3.05, 3.63) is 66.2 Å². The summed E-state index contributed by atoms with van der Waals surface area (Å²) < 4.78 is 3.64. The molecule has 4 aromatic rings. The highest BCUT2D eigenvalue weighted by Gasteiger charge is 2.11. The highest BCUT2D eigenvalue weighted by atomic mass is 35.5. The molecule has 0 aliphatic rings. The molecule has 1 amide bonds. The van der Waals surface area contributed by atoms with E-state index in [1.807, 2.05) is 54.1 Å². The molecule has 2 aromatic carbocycles. The quantitative estimate of drug-likeness (QED) is 0.420. The number of carbonyl (C=O) groups is 1. The van der Waals surface area contributed by atoms with Gasteiger partial charge in [-0.3, -0.25) is 9.36 Å². The second-order valence-electron chi connectivity index (χ2n) is 6.15. The van der Waals surface area contributed by atoms with Gasteiger partial charge in [0.25, 0.3) is 0 Å². The average Bonchev–Trinajstić information content (AvgIpc) is 3.37. The Morgan fingerprint density at radius 1 is 1.07 bits per heavy atom. The number of thioether (sulfide) groups is 1. The van der Waals surface area contributed by atoms with Crippen LogP contribution < -0.4 is 5.32 Å². The summed E-state index contributed by atoms with van der Waals surface area (Å²) in [4.78, 5) is 13.4. The average molecular weight is 458 g/mol. The summed E-state index contributed by atoms with van der Waals surface area (Å²) in [6.07, 6.45) is 3.25. The fourth-order valence-corrected chi connectivity index (χ4v) is 4.21. The number of benzene rings is 2. The first-order valence-corrected chi connectivity index (χ1v) is 11.0. The SMILES string of the molecule is Cn1cnnc1Sc1ccc(NC(=O)CSc2nncn2-c2cccc(Cl)c2)cc1. The van der Waals surface area contributed by atoms with Gasteiger partial charge >= 0.3 is 0 Å². The Morgan fingerprint density at radius 2 is 1.83 bits per heavy atom. The third-order valence-electron chi connectivity index (χ3n) is 3.95. The van der Waals surface area contributed by atoms with Crippen molar-refractivity contribution in [1.82, 2.24) is 29.5 Å². The summed E-state index contributed by atoms with van der Waals surface area (Å²) in [6.45, 7) is 0. The molecule has 0 atom stereocenters. The molecule has 1 N–H and O–H groups in total. The minimum atomic E-state index is -0.130. The number of anilines is 1.